The summed E-state index contributed by atoms with van der Waals surface area (Å²) in [6.45, 7) is 8.88. The van der Waals surface area contributed by atoms with Crippen molar-refractivity contribution in [3.05, 3.63) is 29.8 Å². The number of methoxy groups -OCH3 is 1. The van der Waals surface area contributed by atoms with Crippen molar-refractivity contribution in [3.63, 3.8) is 0 Å². The van der Waals surface area contributed by atoms with Crippen molar-refractivity contribution in [3.8, 4) is 5.75 Å². The summed E-state index contributed by atoms with van der Waals surface area (Å²) < 4.78 is 11.2. The van der Waals surface area contributed by atoms with E-state index in [1.54, 1.807) is 7.11 Å². The first-order valence-electron chi connectivity index (χ1n) is 7.70. The van der Waals surface area contributed by atoms with E-state index in [2.05, 4.69) is 37.8 Å². The van der Waals surface area contributed by atoms with Crippen molar-refractivity contribution in [2.75, 3.05) is 26.8 Å². The minimum absolute atomic E-state index is 0.0912. The van der Waals surface area contributed by atoms with Crippen molar-refractivity contribution >= 4 is 0 Å². The molecule has 1 aromatic carbocycles. The molecule has 2 N–H and O–H groups in total. The first-order valence-corrected chi connectivity index (χ1v) is 7.70. The third-order valence-corrected chi connectivity index (χ3v) is 4.50. The maximum Gasteiger partial charge on any atom is 0.122 e. The summed E-state index contributed by atoms with van der Waals surface area (Å²) in [5.41, 5.74) is 7.28. The summed E-state index contributed by atoms with van der Waals surface area (Å²) in [6.07, 6.45) is 1.13. The predicted octanol–water partition coefficient (Wildman–Crippen LogP) is 2.06. The van der Waals surface area contributed by atoms with Gasteiger partial charge in [-0.25, -0.2) is 0 Å². The molecule has 3 unspecified atom stereocenters. The average Bonchev–Trinajstić information content (AvgIpc) is 2.50. The van der Waals surface area contributed by atoms with Crippen LogP contribution >= 0.6 is 0 Å². The van der Waals surface area contributed by atoms with E-state index in [1.165, 1.54) is 5.56 Å². The van der Waals surface area contributed by atoms with Gasteiger partial charge in [0.05, 0.1) is 19.8 Å². The van der Waals surface area contributed by atoms with Crippen LogP contribution in [0.4, 0.5) is 0 Å². The van der Waals surface area contributed by atoms with Gasteiger partial charge in [-0.2, -0.15) is 0 Å². The predicted molar refractivity (Wildman–Crippen MR) is 85.7 cm³/mol. The molecule has 3 atom stereocenters. The summed E-state index contributed by atoms with van der Waals surface area (Å²) in [5.74, 6) is 0.936. The summed E-state index contributed by atoms with van der Waals surface area (Å²) >= 11 is 0. The van der Waals surface area contributed by atoms with Gasteiger partial charge in [0.1, 0.15) is 5.75 Å². The van der Waals surface area contributed by atoms with Gasteiger partial charge in [0.2, 0.25) is 0 Å². The number of morpholine rings is 1. The van der Waals surface area contributed by atoms with Crippen molar-refractivity contribution < 1.29 is 9.47 Å². The van der Waals surface area contributed by atoms with Crippen LogP contribution in [0.5, 0.6) is 5.75 Å². The van der Waals surface area contributed by atoms with E-state index in [-0.39, 0.29) is 11.6 Å². The highest BCUT2D eigenvalue weighted by Gasteiger charge is 2.38. The Bertz CT molecular complexity index is 466. The van der Waals surface area contributed by atoms with Crippen molar-refractivity contribution in [1.29, 1.82) is 0 Å². The minimum atomic E-state index is -0.0912. The Morgan fingerprint density at radius 2 is 2.10 bits per heavy atom. The summed E-state index contributed by atoms with van der Waals surface area (Å²) in [6, 6.07) is 8.57. The lowest BCUT2D eigenvalue weighted by Crippen LogP contribution is -2.61. The minimum Gasteiger partial charge on any atom is -0.496 e. The Labute approximate surface area is 128 Å². The lowest BCUT2D eigenvalue weighted by Gasteiger charge is -2.48. The Morgan fingerprint density at radius 1 is 1.38 bits per heavy atom. The number of hydrogen-bond donors (Lipinski definition) is 1. The highest BCUT2D eigenvalue weighted by Crippen LogP contribution is 2.29. The fraction of sp³-hybridized carbons (Fsp3) is 0.647. The van der Waals surface area contributed by atoms with Crippen LogP contribution in [0.1, 0.15) is 26.3 Å². The van der Waals surface area contributed by atoms with Crippen LogP contribution in [-0.4, -0.2) is 49.4 Å². The van der Waals surface area contributed by atoms with Crippen LogP contribution in [0.15, 0.2) is 24.3 Å². The normalized spacial score (nSPS) is 26.3. The third kappa shape index (κ3) is 3.57. The molecule has 0 amide bonds. The molecule has 1 heterocycles. The maximum atomic E-state index is 6.16. The van der Waals surface area contributed by atoms with Gasteiger partial charge in [-0.1, -0.05) is 18.2 Å². The average molecular weight is 292 g/mol. The molecule has 118 valence electrons. The Balaban J connectivity index is 2.24. The number of nitrogens with zero attached hydrogens (tertiary/aromatic N) is 1. The quantitative estimate of drug-likeness (QED) is 0.902. The smallest absolute Gasteiger partial charge is 0.122 e. The number of hydrogen-bond acceptors (Lipinski definition) is 4. The molecule has 0 spiro atoms. The largest absolute Gasteiger partial charge is 0.496 e. The molecule has 1 saturated heterocycles. The van der Waals surface area contributed by atoms with Crippen LogP contribution in [0.25, 0.3) is 0 Å². The Morgan fingerprint density at radius 3 is 2.76 bits per heavy atom. The highest BCUT2D eigenvalue weighted by atomic mass is 16.5. The number of rotatable bonds is 5. The maximum absolute atomic E-state index is 6.16. The second-order valence-corrected chi connectivity index (χ2v) is 6.34. The van der Waals surface area contributed by atoms with E-state index in [4.69, 9.17) is 15.2 Å². The molecular formula is C17H28N2O2. The molecule has 2 rings (SSSR count). The van der Waals surface area contributed by atoms with E-state index < -0.39 is 0 Å². The molecule has 4 heteroatoms. The number of benzene rings is 1. The van der Waals surface area contributed by atoms with Gasteiger partial charge >= 0.3 is 0 Å². The molecule has 21 heavy (non-hydrogen) atoms. The first-order chi connectivity index (χ1) is 10.00. The fourth-order valence-electron chi connectivity index (χ4n) is 3.21. The van der Waals surface area contributed by atoms with Crippen molar-refractivity contribution in [1.82, 2.24) is 4.90 Å². The lowest BCUT2D eigenvalue weighted by atomic mass is 9.88. The van der Waals surface area contributed by atoms with Crippen LogP contribution in [0.2, 0.25) is 0 Å². The number of nitrogens with two attached hydrogens (primary N) is 1. The fourth-order valence-corrected chi connectivity index (χ4v) is 3.21. The zero-order chi connectivity index (χ0) is 15.5. The lowest BCUT2D eigenvalue weighted by molar-refractivity contribution is -0.0882. The molecule has 4 nitrogen and oxygen atoms in total. The van der Waals surface area contributed by atoms with E-state index in [0.717, 1.165) is 25.3 Å². The SMILES string of the molecule is COc1ccccc1CC(C)(CN)N1CC(C)OCC1C. The molecule has 0 saturated carbocycles. The number of ether oxygens (including phenoxy) is 2. The Kier molecular flexibility index (Phi) is 5.25. The first kappa shape index (κ1) is 16.3. The molecule has 0 radical (unpaired) electrons. The zero-order valence-corrected chi connectivity index (χ0v) is 13.6. The molecule has 0 bridgehead atoms. The van der Waals surface area contributed by atoms with E-state index in [1.807, 2.05) is 12.1 Å². The third-order valence-electron chi connectivity index (χ3n) is 4.50. The van der Waals surface area contributed by atoms with Gasteiger partial charge in [0, 0.05) is 24.7 Å². The molecule has 1 aliphatic heterocycles. The number of para-hydroxylation sites is 1. The van der Waals surface area contributed by atoms with Gasteiger partial charge in [-0.3, -0.25) is 4.90 Å². The standard InChI is InChI=1S/C17H28N2O2/c1-13-11-21-14(2)10-19(13)17(3,12-18)9-15-7-5-6-8-16(15)20-4/h5-8,13-14H,9-12,18H2,1-4H3. The van der Waals surface area contributed by atoms with E-state index in [0.29, 0.717) is 12.6 Å². The molecular weight excluding hydrogens is 264 g/mol. The van der Waals surface area contributed by atoms with Gasteiger partial charge in [-0.05, 0) is 38.8 Å². The zero-order valence-electron chi connectivity index (χ0n) is 13.6. The molecule has 1 fully saturated rings. The van der Waals surface area contributed by atoms with Crippen LogP contribution in [-0.2, 0) is 11.2 Å². The second kappa shape index (κ2) is 6.77. The highest BCUT2D eigenvalue weighted by molar-refractivity contribution is 5.34. The van der Waals surface area contributed by atoms with E-state index in [9.17, 15) is 0 Å². The van der Waals surface area contributed by atoms with Gasteiger partial charge in [0.25, 0.3) is 0 Å². The Hall–Kier alpha value is -1.10. The van der Waals surface area contributed by atoms with Gasteiger partial charge < -0.3 is 15.2 Å². The van der Waals surface area contributed by atoms with E-state index >= 15 is 0 Å². The monoisotopic (exact) mass is 292 g/mol. The van der Waals surface area contributed by atoms with Gasteiger partial charge in [-0.15, -0.1) is 0 Å². The van der Waals surface area contributed by atoms with Crippen LogP contribution in [0, 0.1) is 0 Å². The van der Waals surface area contributed by atoms with Crippen LogP contribution in [0.3, 0.4) is 0 Å². The molecule has 1 aromatic rings. The molecule has 0 aromatic heterocycles. The summed E-state index contributed by atoms with van der Waals surface area (Å²) in [5, 5.41) is 0. The van der Waals surface area contributed by atoms with Crippen LogP contribution < -0.4 is 10.5 Å². The summed E-state index contributed by atoms with van der Waals surface area (Å²) in [4.78, 5) is 2.49. The van der Waals surface area contributed by atoms with Gasteiger partial charge in [0.15, 0.2) is 0 Å². The second-order valence-electron chi connectivity index (χ2n) is 6.34. The summed E-state index contributed by atoms with van der Waals surface area (Å²) in [7, 11) is 1.72. The molecule has 0 aliphatic carbocycles. The van der Waals surface area contributed by atoms with Crippen molar-refractivity contribution in [2.45, 2.75) is 44.9 Å². The topological polar surface area (TPSA) is 47.7 Å². The van der Waals surface area contributed by atoms with Crippen molar-refractivity contribution in [2.24, 2.45) is 5.73 Å². The molecule has 1 aliphatic rings.